The minimum Gasteiger partial charge on any atom is -0.350 e. The molecule has 1 aromatic carbocycles. The molecule has 19 heavy (non-hydrogen) atoms. The lowest BCUT2D eigenvalue weighted by molar-refractivity contribution is -0.246. The lowest BCUT2D eigenvalue weighted by Crippen LogP contribution is -2.41. The van der Waals surface area contributed by atoms with Crippen molar-refractivity contribution in [2.75, 3.05) is 6.61 Å². The lowest BCUT2D eigenvalue weighted by atomic mass is 9.92. The Balaban J connectivity index is 1.60. The minimum atomic E-state index is -0.337. The molecule has 0 amide bonds. The van der Waals surface area contributed by atoms with Crippen LogP contribution in [0.15, 0.2) is 42.5 Å². The number of ether oxygens (including phenoxy) is 2. The summed E-state index contributed by atoms with van der Waals surface area (Å²) < 4.78 is 12.1. The SMILES string of the molecule is C=C1C[C@H](CCc2ccccc2)O[C@]2(CCCO2)C1. The molecule has 2 saturated heterocycles. The summed E-state index contributed by atoms with van der Waals surface area (Å²) in [6, 6.07) is 10.6. The summed E-state index contributed by atoms with van der Waals surface area (Å²) >= 11 is 0. The zero-order valence-electron chi connectivity index (χ0n) is 11.4. The molecule has 0 radical (unpaired) electrons. The van der Waals surface area contributed by atoms with Gasteiger partial charge in [-0.2, -0.15) is 0 Å². The molecule has 3 rings (SSSR count). The van der Waals surface area contributed by atoms with E-state index in [1.165, 1.54) is 11.1 Å². The molecule has 2 heterocycles. The van der Waals surface area contributed by atoms with Crippen LogP contribution in [0, 0.1) is 0 Å². The molecule has 0 saturated carbocycles. The molecule has 1 spiro atoms. The van der Waals surface area contributed by atoms with E-state index in [4.69, 9.17) is 9.47 Å². The fourth-order valence-electron chi connectivity index (χ4n) is 3.20. The Hall–Kier alpha value is -1.12. The van der Waals surface area contributed by atoms with Gasteiger partial charge in [-0.1, -0.05) is 42.5 Å². The third-order valence-corrected chi connectivity index (χ3v) is 4.08. The molecule has 2 heteroatoms. The van der Waals surface area contributed by atoms with Crippen molar-refractivity contribution in [1.82, 2.24) is 0 Å². The fourth-order valence-corrected chi connectivity index (χ4v) is 3.20. The number of hydrogen-bond donors (Lipinski definition) is 0. The van der Waals surface area contributed by atoms with Gasteiger partial charge in [-0.05, 0) is 31.2 Å². The van der Waals surface area contributed by atoms with Crippen LogP contribution >= 0.6 is 0 Å². The van der Waals surface area contributed by atoms with Gasteiger partial charge in [-0.25, -0.2) is 0 Å². The van der Waals surface area contributed by atoms with Crippen LogP contribution in [0.4, 0.5) is 0 Å². The topological polar surface area (TPSA) is 18.5 Å². The van der Waals surface area contributed by atoms with Crippen LogP contribution in [0.5, 0.6) is 0 Å². The molecular formula is C17H22O2. The molecule has 2 atom stereocenters. The molecule has 2 nitrogen and oxygen atoms in total. The highest BCUT2D eigenvalue weighted by Crippen LogP contribution is 2.40. The smallest absolute Gasteiger partial charge is 0.172 e. The molecule has 2 fully saturated rings. The van der Waals surface area contributed by atoms with Gasteiger partial charge in [0.15, 0.2) is 5.79 Å². The van der Waals surface area contributed by atoms with Crippen molar-refractivity contribution in [3.8, 4) is 0 Å². The molecule has 2 aliphatic rings. The van der Waals surface area contributed by atoms with Gasteiger partial charge in [0.2, 0.25) is 0 Å². The van der Waals surface area contributed by atoms with Crippen LogP contribution in [-0.4, -0.2) is 18.5 Å². The molecule has 2 aliphatic heterocycles. The summed E-state index contributed by atoms with van der Waals surface area (Å²) in [5.74, 6) is -0.337. The summed E-state index contributed by atoms with van der Waals surface area (Å²) in [6.45, 7) is 5.01. The monoisotopic (exact) mass is 258 g/mol. The normalized spacial score (nSPS) is 30.9. The summed E-state index contributed by atoms with van der Waals surface area (Å²) in [5.41, 5.74) is 2.66. The second-order valence-corrected chi connectivity index (χ2v) is 5.76. The van der Waals surface area contributed by atoms with E-state index >= 15 is 0 Å². The van der Waals surface area contributed by atoms with Crippen LogP contribution in [0.2, 0.25) is 0 Å². The second-order valence-electron chi connectivity index (χ2n) is 5.76. The number of aryl methyl sites for hydroxylation is 1. The Morgan fingerprint density at radius 1 is 1.26 bits per heavy atom. The summed E-state index contributed by atoms with van der Waals surface area (Å²) in [7, 11) is 0. The molecule has 0 bridgehead atoms. The van der Waals surface area contributed by atoms with Gasteiger partial charge >= 0.3 is 0 Å². The van der Waals surface area contributed by atoms with Gasteiger partial charge < -0.3 is 9.47 Å². The van der Waals surface area contributed by atoms with E-state index in [1.54, 1.807) is 0 Å². The molecular weight excluding hydrogens is 236 g/mol. The maximum atomic E-state index is 6.24. The first kappa shape index (κ1) is 12.9. The van der Waals surface area contributed by atoms with Crippen molar-refractivity contribution >= 4 is 0 Å². The zero-order valence-corrected chi connectivity index (χ0v) is 11.4. The van der Waals surface area contributed by atoms with E-state index in [0.717, 1.165) is 45.1 Å². The third-order valence-electron chi connectivity index (χ3n) is 4.08. The first-order valence-electron chi connectivity index (χ1n) is 7.28. The highest BCUT2D eigenvalue weighted by molar-refractivity contribution is 5.15. The Morgan fingerprint density at radius 3 is 2.84 bits per heavy atom. The van der Waals surface area contributed by atoms with E-state index in [-0.39, 0.29) is 11.9 Å². The molecule has 0 N–H and O–H groups in total. The first-order chi connectivity index (χ1) is 9.26. The third kappa shape index (κ3) is 3.07. The first-order valence-corrected chi connectivity index (χ1v) is 7.28. The van der Waals surface area contributed by atoms with Crippen molar-refractivity contribution in [3.63, 3.8) is 0 Å². The Labute approximate surface area is 115 Å². The maximum Gasteiger partial charge on any atom is 0.172 e. The van der Waals surface area contributed by atoms with E-state index in [1.807, 2.05) is 0 Å². The van der Waals surface area contributed by atoms with Crippen molar-refractivity contribution in [2.45, 2.75) is 50.4 Å². The van der Waals surface area contributed by atoms with Gasteiger partial charge in [-0.15, -0.1) is 0 Å². The summed E-state index contributed by atoms with van der Waals surface area (Å²) in [4.78, 5) is 0. The molecule has 0 aliphatic carbocycles. The van der Waals surface area contributed by atoms with Gasteiger partial charge in [0.1, 0.15) is 0 Å². The van der Waals surface area contributed by atoms with Gasteiger partial charge in [0.05, 0.1) is 12.7 Å². The maximum absolute atomic E-state index is 6.24. The predicted molar refractivity (Wildman–Crippen MR) is 75.9 cm³/mol. The Bertz CT molecular complexity index is 432. The Morgan fingerprint density at radius 2 is 2.11 bits per heavy atom. The van der Waals surface area contributed by atoms with E-state index < -0.39 is 0 Å². The lowest BCUT2D eigenvalue weighted by Gasteiger charge is -2.39. The fraction of sp³-hybridized carbons (Fsp3) is 0.529. The van der Waals surface area contributed by atoms with E-state index in [0.29, 0.717) is 0 Å². The predicted octanol–water partition coefficient (Wildman–Crippen LogP) is 3.86. The molecule has 1 aromatic rings. The van der Waals surface area contributed by atoms with Crippen LogP contribution in [0.25, 0.3) is 0 Å². The van der Waals surface area contributed by atoms with Crippen molar-refractivity contribution < 1.29 is 9.47 Å². The van der Waals surface area contributed by atoms with E-state index in [9.17, 15) is 0 Å². The zero-order chi connectivity index (χ0) is 13.1. The average Bonchev–Trinajstić information content (AvgIpc) is 2.84. The number of rotatable bonds is 3. The van der Waals surface area contributed by atoms with Crippen LogP contribution in [0.3, 0.4) is 0 Å². The highest BCUT2D eigenvalue weighted by atomic mass is 16.7. The molecule has 102 valence electrons. The van der Waals surface area contributed by atoms with E-state index in [2.05, 4.69) is 36.9 Å². The highest BCUT2D eigenvalue weighted by Gasteiger charge is 2.42. The van der Waals surface area contributed by atoms with Crippen molar-refractivity contribution in [1.29, 1.82) is 0 Å². The standard InChI is InChI=1S/C17H22O2/c1-14-12-16(9-8-15-6-3-2-4-7-15)19-17(13-14)10-5-11-18-17/h2-4,6-7,16H,1,5,8-13H2/t16-,17+/m0/s1. The number of hydrogen-bond acceptors (Lipinski definition) is 2. The minimum absolute atomic E-state index is 0.263. The summed E-state index contributed by atoms with van der Waals surface area (Å²) in [5, 5.41) is 0. The largest absolute Gasteiger partial charge is 0.350 e. The quantitative estimate of drug-likeness (QED) is 0.766. The summed E-state index contributed by atoms with van der Waals surface area (Å²) in [6.07, 6.45) is 6.38. The van der Waals surface area contributed by atoms with Crippen LogP contribution in [0.1, 0.15) is 37.7 Å². The Kier molecular flexibility index (Phi) is 3.72. The van der Waals surface area contributed by atoms with Crippen LogP contribution < -0.4 is 0 Å². The molecule has 0 aromatic heterocycles. The van der Waals surface area contributed by atoms with Gasteiger partial charge in [-0.3, -0.25) is 0 Å². The average molecular weight is 258 g/mol. The van der Waals surface area contributed by atoms with Crippen molar-refractivity contribution in [3.05, 3.63) is 48.0 Å². The van der Waals surface area contributed by atoms with Gasteiger partial charge in [0.25, 0.3) is 0 Å². The van der Waals surface area contributed by atoms with Crippen LogP contribution in [-0.2, 0) is 15.9 Å². The number of benzene rings is 1. The van der Waals surface area contributed by atoms with Crippen molar-refractivity contribution in [2.24, 2.45) is 0 Å². The molecule has 0 unspecified atom stereocenters. The second kappa shape index (κ2) is 5.48. The van der Waals surface area contributed by atoms with Gasteiger partial charge in [0, 0.05) is 12.8 Å².